The van der Waals surface area contributed by atoms with Gasteiger partial charge in [-0.2, -0.15) is 0 Å². The van der Waals surface area contributed by atoms with E-state index in [9.17, 15) is 0 Å². The molecule has 0 radical (unpaired) electrons. The van der Waals surface area contributed by atoms with Crippen molar-refractivity contribution in [2.45, 2.75) is 13.8 Å². The van der Waals surface area contributed by atoms with Crippen LogP contribution in [-0.4, -0.2) is 23.6 Å². The molecule has 0 fully saturated rings. The fourth-order valence-electron chi connectivity index (χ4n) is 3.54. The van der Waals surface area contributed by atoms with Crippen molar-refractivity contribution >= 4 is 28.0 Å². The maximum Gasteiger partial charge on any atom is 0.150 e. The lowest BCUT2D eigenvalue weighted by atomic mass is 10.0. The summed E-state index contributed by atoms with van der Waals surface area (Å²) in [6.07, 6.45) is 0. The molecule has 122 valence electrons. The molecule has 0 aliphatic rings. The van der Waals surface area contributed by atoms with Crippen LogP contribution in [0.3, 0.4) is 0 Å². The Hall–Kier alpha value is -2.46. The molecular formula is C19H17ClN2O2. The molecule has 2 aromatic heterocycles. The molecular weight excluding hydrogens is 324 g/mol. The van der Waals surface area contributed by atoms with E-state index in [1.807, 2.05) is 37.3 Å². The van der Waals surface area contributed by atoms with Gasteiger partial charge in [0.2, 0.25) is 0 Å². The number of ether oxygens (including phenoxy) is 2. The molecule has 4 nitrogen and oxygen atoms in total. The summed E-state index contributed by atoms with van der Waals surface area (Å²) in [6, 6.07) is 9.78. The van der Waals surface area contributed by atoms with E-state index in [0.717, 1.165) is 55.6 Å². The lowest BCUT2D eigenvalue weighted by molar-refractivity contribution is 0.400. The molecule has 0 amide bonds. The summed E-state index contributed by atoms with van der Waals surface area (Å²) in [6.45, 7) is 4.11. The van der Waals surface area contributed by atoms with Gasteiger partial charge in [-0.15, -0.1) is 0 Å². The minimum Gasteiger partial charge on any atom is -0.496 e. The average molecular weight is 341 g/mol. The van der Waals surface area contributed by atoms with Crippen molar-refractivity contribution in [1.82, 2.24) is 9.38 Å². The van der Waals surface area contributed by atoms with Gasteiger partial charge in [0.1, 0.15) is 22.8 Å². The number of aromatic nitrogens is 2. The summed E-state index contributed by atoms with van der Waals surface area (Å²) >= 11 is 6.05. The standard InChI is InChI=1S/C19H17ClN2O2/c1-10-16(12-5-7-13(20)8-6-12)17-14(23-3)9-15(24-4)18-19(17)22(10)11(2)21-18/h5-9H,1-4H3. The molecule has 0 spiro atoms. The molecule has 2 heterocycles. The van der Waals surface area contributed by atoms with Gasteiger partial charge in [-0.3, -0.25) is 4.40 Å². The molecule has 4 aromatic rings. The zero-order valence-corrected chi connectivity index (χ0v) is 14.7. The second kappa shape index (κ2) is 5.28. The first-order valence-corrected chi connectivity index (χ1v) is 8.06. The van der Waals surface area contributed by atoms with Gasteiger partial charge in [-0.1, -0.05) is 23.7 Å². The van der Waals surface area contributed by atoms with Crippen LogP contribution >= 0.6 is 11.6 Å². The van der Waals surface area contributed by atoms with Gasteiger partial charge in [-0.05, 0) is 31.5 Å². The van der Waals surface area contributed by atoms with Crippen LogP contribution in [0.5, 0.6) is 11.5 Å². The summed E-state index contributed by atoms with van der Waals surface area (Å²) in [4.78, 5) is 4.69. The maximum absolute atomic E-state index is 6.05. The monoisotopic (exact) mass is 340 g/mol. The van der Waals surface area contributed by atoms with Crippen LogP contribution in [0, 0.1) is 13.8 Å². The van der Waals surface area contributed by atoms with Crippen LogP contribution < -0.4 is 9.47 Å². The predicted molar refractivity (Wildman–Crippen MR) is 96.9 cm³/mol. The zero-order chi connectivity index (χ0) is 17.0. The Morgan fingerprint density at radius 1 is 1.00 bits per heavy atom. The van der Waals surface area contributed by atoms with Crippen molar-refractivity contribution in [1.29, 1.82) is 0 Å². The fourth-order valence-corrected chi connectivity index (χ4v) is 3.67. The first kappa shape index (κ1) is 15.1. The lowest BCUT2D eigenvalue weighted by Crippen LogP contribution is -1.91. The van der Waals surface area contributed by atoms with Crippen LogP contribution in [0.2, 0.25) is 5.02 Å². The molecule has 0 aliphatic heterocycles. The van der Waals surface area contributed by atoms with Gasteiger partial charge >= 0.3 is 0 Å². The van der Waals surface area contributed by atoms with E-state index in [-0.39, 0.29) is 0 Å². The minimum atomic E-state index is 0.720. The quantitative estimate of drug-likeness (QED) is 0.533. The second-order valence-electron chi connectivity index (χ2n) is 5.82. The molecule has 24 heavy (non-hydrogen) atoms. The molecule has 0 atom stereocenters. The number of benzene rings is 2. The summed E-state index contributed by atoms with van der Waals surface area (Å²) < 4.78 is 13.4. The summed E-state index contributed by atoms with van der Waals surface area (Å²) in [5, 5.41) is 1.77. The van der Waals surface area contributed by atoms with Crippen molar-refractivity contribution in [2.24, 2.45) is 0 Å². The van der Waals surface area contributed by atoms with E-state index in [0.29, 0.717) is 0 Å². The normalized spacial score (nSPS) is 11.5. The largest absolute Gasteiger partial charge is 0.496 e. The van der Waals surface area contributed by atoms with Crippen molar-refractivity contribution in [3.8, 4) is 22.6 Å². The van der Waals surface area contributed by atoms with E-state index in [1.165, 1.54) is 0 Å². The summed E-state index contributed by atoms with van der Waals surface area (Å²) in [5.74, 6) is 2.43. The number of halogens is 1. The van der Waals surface area contributed by atoms with Gasteiger partial charge < -0.3 is 9.47 Å². The maximum atomic E-state index is 6.05. The molecule has 0 aliphatic carbocycles. The summed E-state index contributed by atoms with van der Waals surface area (Å²) in [7, 11) is 3.33. The van der Waals surface area contributed by atoms with Gasteiger partial charge in [0.05, 0.1) is 25.1 Å². The smallest absolute Gasteiger partial charge is 0.150 e. The van der Waals surface area contributed by atoms with Gasteiger partial charge in [0, 0.05) is 22.3 Å². The number of rotatable bonds is 3. The number of nitrogens with zero attached hydrogens (tertiary/aromatic N) is 2. The fraction of sp³-hybridized carbons (Fsp3) is 0.211. The SMILES string of the molecule is COc1cc(OC)c2c(-c3ccc(Cl)cc3)c(C)n3c(C)nc1c23. The van der Waals surface area contributed by atoms with Crippen LogP contribution in [0.4, 0.5) is 0 Å². The Bertz CT molecular complexity index is 1050. The van der Waals surface area contributed by atoms with Crippen molar-refractivity contribution < 1.29 is 9.47 Å². The third kappa shape index (κ3) is 1.89. The minimum absolute atomic E-state index is 0.720. The highest BCUT2D eigenvalue weighted by atomic mass is 35.5. The highest BCUT2D eigenvalue weighted by Crippen LogP contribution is 2.45. The molecule has 0 N–H and O–H groups in total. The van der Waals surface area contributed by atoms with Crippen LogP contribution in [0.1, 0.15) is 11.5 Å². The Kier molecular flexibility index (Phi) is 3.32. The number of methoxy groups -OCH3 is 2. The molecule has 4 rings (SSSR count). The van der Waals surface area contributed by atoms with Crippen LogP contribution in [0.15, 0.2) is 30.3 Å². The zero-order valence-electron chi connectivity index (χ0n) is 14.0. The number of hydrogen-bond donors (Lipinski definition) is 0. The average Bonchev–Trinajstić information content (AvgIpc) is 3.08. The van der Waals surface area contributed by atoms with Crippen molar-refractivity contribution in [2.75, 3.05) is 14.2 Å². The van der Waals surface area contributed by atoms with Crippen LogP contribution in [-0.2, 0) is 0 Å². The molecule has 0 unspecified atom stereocenters. The molecule has 0 bridgehead atoms. The third-order valence-electron chi connectivity index (χ3n) is 4.54. The van der Waals surface area contributed by atoms with Crippen molar-refractivity contribution in [3.05, 3.63) is 46.9 Å². The Morgan fingerprint density at radius 2 is 1.67 bits per heavy atom. The Morgan fingerprint density at radius 3 is 2.29 bits per heavy atom. The first-order chi connectivity index (χ1) is 11.6. The highest BCUT2D eigenvalue weighted by Gasteiger charge is 2.25. The number of aryl methyl sites for hydroxylation is 2. The lowest BCUT2D eigenvalue weighted by Gasteiger charge is -2.09. The van der Waals surface area contributed by atoms with E-state index in [2.05, 4.69) is 11.3 Å². The van der Waals surface area contributed by atoms with Gasteiger partial charge in [-0.25, -0.2) is 4.98 Å². The highest BCUT2D eigenvalue weighted by molar-refractivity contribution is 6.30. The van der Waals surface area contributed by atoms with E-state index in [4.69, 9.17) is 26.1 Å². The van der Waals surface area contributed by atoms with Crippen LogP contribution in [0.25, 0.3) is 27.5 Å². The van der Waals surface area contributed by atoms with E-state index >= 15 is 0 Å². The molecule has 0 saturated carbocycles. The first-order valence-electron chi connectivity index (χ1n) is 7.68. The molecule has 0 saturated heterocycles. The second-order valence-corrected chi connectivity index (χ2v) is 6.25. The molecule has 2 aromatic carbocycles. The number of hydrogen-bond acceptors (Lipinski definition) is 3. The molecule has 5 heteroatoms. The van der Waals surface area contributed by atoms with Gasteiger partial charge in [0.25, 0.3) is 0 Å². The summed E-state index contributed by atoms with van der Waals surface area (Å²) in [5.41, 5.74) is 5.25. The predicted octanol–water partition coefficient (Wildman–Crippen LogP) is 4.88. The Balaban J connectivity index is 2.21. The Labute approximate surface area is 144 Å². The third-order valence-corrected chi connectivity index (χ3v) is 4.80. The van der Waals surface area contributed by atoms with E-state index in [1.54, 1.807) is 14.2 Å². The topological polar surface area (TPSA) is 35.8 Å². The van der Waals surface area contributed by atoms with Gasteiger partial charge in [0.15, 0.2) is 0 Å². The number of imidazole rings is 1. The van der Waals surface area contributed by atoms with Crippen molar-refractivity contribution in [3.63, 3.8) is 0 Å². The van der Waals surface area contributed by atoms with E-state index < -0.39 is 0 Å².